The quantitative estimate of drug-likeness (QED) is 0.490. The van der Waals surface area contributed by atoms with Crippen molar-refractivity contribution >= 4 is 21.6 Å². The van der Waals surface area contributed by atoms with Gasteiger partial charge in [-0.05, 0) is 73.2 Å². The van der Waals surface area contributed by atoms with Crippen LogP contribution in [0.4, 0.5) is 5.69 Å². The molecule has 1 amide bonds. The Labute approximate surface area is 197 Å². The molecule has 3 aromatic carbocycles. The summed E-state index contributed by atoms with van der Waals surface area (Å²) in [5, 5.41) is 3.03. The van der Waals surface area contributed by atoms with E-state index >= 15 is 0 Å². The van der Waals surface area contributed by atoms with Crippen molar-refractivity contribution in [1.82, 2.24) is 5.32 Å². The van der Waals surface area contributed by atoms with Gasteiger partial charge in [0.05, 0.1) is 24.5 Å². The SMILES string of the molecule is CCc1ccc([C@H](C)NC(=O)c2ccc(CN(c3cc(C)ccc3C)S(C)(=O)=O)cc2)cc1. The second-order valence-electron chi connectivity index (χ2n) is 8.55. The highest BCUT2D eigenvalue weighted by Crippen LogP contribution is 2.26. The van der Waals surface area contributed by atoms with Gasteiger partial charge in [0.25, 0.3) is 5.91 Å². The number of amides is 1. The van der Waals surface area contributed by atoms with Gasteiger partial charge >= 0.3 is 0 Å². The van der Waals surface area contributed by atoms with Crippen LogP contribution in [0.1, 0.15) is 58.1 Å². The Balaban J connectivity index is 1.74. The summed E-state index contributed by atoms with van der Waals surface area (Å²) in [7, 11) is -3.48. The van der Waals surface area contributed by atoms with E-state index in [0.29, 0.717) is 11.3 Å². The van der Waals surface area contributed by atoms with Crippen LogP contribution in [0.5, 0.6) is 0 Å². The maximum atomic E-state index is 12.7. The summed E-state index contributed by atoms with van der Waals surface area (Å²) in [4.78, 5) is 12.7. The van der Waals surface area contributed by atoms with E-state index in [2.05, 4.69) is 24.4 Å². The van der Waals surface area contributed by atoms with Crippen LogP contribution in [0, 0.1) is 13.8 Å². The van der Waals surface area contributed by atoms with Crippen molar-refractivity contribution in [2.45, 2.75) is 46.7 Å². The van der Waals surface area contributed by atoms with Crippen LogP contribution in [-0.4, -0.2) is 20.6 Å². The van der Waals surface area contributed by atoms with Crippen LogP contribution < -0.4 is 9.62 Å². The molecule has 0 heterocycles. The molecular formula is C27H32N2O3S. The van der Waals surface area contributed by atoms with Crippen molar-refractivity contribution in [3.63, 3.8) is 0 Å². The Morgan fingerprint density at radius 2 is 1.55 bits per heavy atom. The first kappa shape index (κ1) is 24.5. The van der Waals surface area contributed by atoms with Gasteiger partial charge in [-0.2, -0.15) is 0 Å². The minimum atomic E-state index is -3.48. The Morgan fingerprint density at radius 1 is 0.939 bits per heavy atom. The summed E-state index contributed by atoms with van der Waals surface area (Å²) in [6.45, 7) is 8.11. The van der Waals surface area contributed by atoms with Gasteiger partial charge < -0.3 is 5.32 Å². The normalized spacial score (nSPS) is 12.3. The van der Waals surface area contributed by atoms with Crippen molar-refractivity contribution in [3.05, 3.63) is 100 Å². The van der Waals surface area contributed by atoms with Crippen molar-refractivity contribution in [1.29, 1.82) is 0 Å². The van der Waals surface area contributed by atoms with Crippen molar-refractivity contribution in [2.75, 3.05) is 10.6 Å². The van der Waals surface area contributed by atoms with Crippen LogP contribution in [0.2, 0.25) is 0 Å². The van der Waals surface area contributed by atoms with Gasteiger partial charge in [-0.1, -0.05) is 55.5 Å². The van der Waals surface area contributed by atoms with E-state index in [1.165, 1.54) is 16.1 Å². The van der Waals surface area contributed by atoms with Crippen molar-refractivity contribution in [2.24, 2.45) is 0 Å². The maximum absolute atomic E-state index is 12.7. The van der Waals surface area contributed by atoms with Gasteiger partial charge in [0.15, 0.2) is 0 Å². The number of aryl methyl sites for hydroxylation is 3. The monoisotopic (exact) mass is 464 g/mol. The van der Waals surface area contributed by atoms with Crippen molar-refractivity contribution < 1.29 is 13.2 Å². The lowest BCUT2D eigenvalue weighted by Crippen LogP contribution is -2.30. The van der Waals surface area contributed by atoms with E-state index in [4.69, 9.17) is 0 Å². The number of hydrogen-bond donors (Lipinski definition) is 1. The standard InChI is InChI=1S/C27H32N2O3S/c1-6-22-9-13-24(14-10-22)21(4)28-27(30)25-15-11-23(12-16-25)18-29(33(5,31)32)26-17-19(2)7-8-20(26)3/h7-17,21H,6,18H2,1-5H3,(H,28,30)/t21-/m0/s1. The lowest BCUT2D eigenvalue weighted by molar-refractivity contribution is 0.0940. The zero-order chi connectivity index (χ0) is 24.2. The predicted molar refractivity (Wildman–Crippen MR) is 135 cm³/mol. The van der Waals surface area contributed by atoms with E-state index in [-0.39, 0.29) is 18.5 Å². The molecule has 0 saturated heterocycles. The highest BCUT2D eigenvalue weighted by Gasteiger charge is 2.20. The van der Waals surface area contributed by atoms with E-state index in [9.17, 15) is 13.2 Å². The fraction of sp³-hybridized carbons (Fsp3) is 0.296. The largest absolute Gasteiger partial charge is 0.346 e. The summed E-state index contributed by atoms with van der Waals surface area (Å²) in [5.41, 5.74) is 6.21. The third-order valence-electron chi connectivity index (χ3n) is 5.81. The third-order valence-corrected chi connectivity index (χ3v) is 6.94. The summed E-state index contributed by atoms with van der Waals surface area (Å²) < 4.78 is 26.5. The molecule has 3 aromatic rings. The molecule has 3 rings (SSSR count). The molecule has 33 heavy (non-hydrogen) atoms. The summed E-state index contributed by atoms with van der Waals surface area (Å²) in [6, 6.07) is 21.0. The Hall–Kier alpha value is -3.12. The molecule has 0 aliphatic heterocycles. The van der Waals surface area contributed by atoms with Gasteiger partial charge in [-0.15, -0.1) is 0 Å². The average Bonchev–Trinajstić information content (AvgIpc) is 2.79. The molecule has 0 spiro atoms. The smallest absolute Gasteiger partial charge is 0.251 e. The van der Waals surface area contributed by atoms with Crippen LogP contribution in [0.3, 0.4) is 0 Å². The highest BCUT2D eigenvalue weighted by molar-refractivity contribution is 7.92. The first-order chi connectivity index (χ1) is 15.6. The number of anilines is 1. The third kappa shape index (κ3) is 6.23. The van der Waals surface area contributed by atoms with E-state index in [0.717, 1.165) is 28.7 Å². The number of nitrogens with zero attached hydrogens (tertiary/aromatic N) is 1. The van der Waals surface area contributed by atoms with Crippen LogP contribution in [0.25, 0.3) is 0 Å². The van der Waals surface area contributed by atoms with Gasteiger partial charge in [-0.3, -0.25) is 9.10 Å². The van der Waals surface area contributed by atoms with E-state index in [1.54, 1.807) is 24.3 Å². The molecule has 0 saturated carbocycles. The lowest BCUT2D eigenvalue weighted by Gasteiger charge is -2.25. The fourth-order valence-electron chi connectivity index (χ4n) is 3.70. The maximum Gasteiger partial charge on any atom is 0.251 e. The number of carbonyl (C=O) groups excluding carboxylic acids is 1. The zero-order valence-corrected chi connectivity index (χ0v) is 20.7. The second kappa shape index (κ2) is 10.2. The number of benzene rings is 3. The number of rotatable bonds is 8. The molecule has 1 atom stereocenters. The fourth-order valence-corrected chi connectivity index (χ4v) is 4.64. The number of nitrogens with one attached hydrogen (secondary N) is 1. The van der Waals surface area contributed by atoms with Crippen LogP contribution in [0.15, 0.2) is 66.7 Å². The number of carbonyl (C=O) groups is 1. The first-order valence-corrected chi connectivity index (χ1v) is 13.0. The molecule has 0 unspecified atom stereocenters. The summed E-state index contributed by atoms with van der Waals surface area (Å²) in [5.74, 6) is -0.164. The molecule has 1 N–H and O–H groups in total. The minimum absolute atomic E-state index is 0.117. The van der Waals surface area contributed by atoms with Gasteiger partial charge in [0.2, 0.25) is 10.0 Å². The second-order valence-corrected chi connectivity index (χ2v) is 10.5. The summed E-state index contributed by atoms with van der Waals surface area (Å²) in [6.07, 6.45) is 2.19. The van der Waals surface area contributed by atoms with E-state index < -0.39 is 10.0 Å². The molecule has 174 valence electrons. The molecule has 0 fully saturated rings. The predicted octanol–water partition coefficient (Wildman–Crippen LogP) is 5.32. The lowest BCUT2D eigenvalue weighted by atomic mass is 10.0. The molecule has 6 heteroatoms. The topological polar surface area (TPSA) is 66.5 Å². The van der Waals surface area contributed by atoms with Gasteiger partial charge in [0, 0.05) is 5.56 Å². The van der Waals surface area contributed by atoms with Crippen LogP contribution in [-0.2, 0) is 23.0 Å². The molecule has 0 aliphatic carbocycles. The molecular weight excluding hydrogens is 432 g/mol. The molecule has 5 nitrogen and oxygen atoms in total. The Morgan fingerprint density at radius 3 is 2.12 bits per heavy atom. The highest BCUT2D eigenvalue weighted by atomic mass is 32.2. The molecule has 0 aliphatic rings. The van der Waals surface area contributed by atoms with Gasteiger partial charge in [-0.25, -0.2) is 8.42 Å². The first-order valence-electron chi connectivity index (χ1n) is 11.1. The van der Waals surface area contributed by atoms with Crippen molar-refractivity contribution in [3.8, 4) is 0 Å². The minimum Gasteiger partial charge on any atom is -0.346 e. The molecule has 0 aromatic heterocycles. The summed E-state index contributed by atoms with van der Waals surface area (Å²) >= 11 is 0. The molecule has 0 bridgehead atoms. The number of hydrogen-bond acceptors (Lipinski definition) is 3. The number of sulfonamides is 1. The zero-order valence-electron chi connectivity index (χ0n) is 19.9. The van der Waals surface area contributed by atoms with Crippen LogP contribution >= 0.6 is 0 Å². The Kier molecular flexibility index (Phi) is 7.59. The molecule has 0 radical (unpaired) electrons. The Bertz CT molecular complexity index is 1220. The van der Waals surface area contributed by atoms with Gasteiger partial charge in [0.1, 0.15) is 0 Å². The average molecular weight is 465 g/mol. The van der Waals surface area contributed by atoms with E-state index in [1.807, 2.05) is 51.1 Å².